The maximum atomic E-state index is 11.3. The van der Waals surface area contributed by atoms with Crippen molar-refractivity contribution in [3.63, 3.8) is 0 Å². The summed E-state index contributed by atoms with van der Waals surface area (Å²) in [5.74, 6) is -1.10. The highest BCUT2D eigenvalue weighted by Gasteiger charge is 2.34. The Morgan fingerprint density at radius 2 is 1.50 bits per heavy atom. The van der Waals surface area contributed by atoms with Gasteiger partial charge in [0.25, 0.3) is 5.91 Å². The van der Waals surface area contributed by atoms with Gasteiger partial charge in [0, 0.05) is 6.54 Å². The highest BCUT2D eigenvalue weighted by molar-refractivity contribution is 5.81. The van der Waals surface area contributed by atoms with Crippen LogP contribution in [0, 0.1) is 0 Å². The average molecular weight is 269 g/mol. The molecule has 0 aromatic heterocycles. The molecule has 0 fully saturated rings. The zero-order valence-corrected chi connectivity index (χ0v) is 9.55. The SMILES string of the molecule is O=C(NCC(O)CO)[C@H](O)[C@@H](O)[C@H](O)[C@H](O)CO. The van der Waals surface area contributed by atoms with E-state index in [1.807, 2.05) is 5.32 Å². The third-order valence-electron chi connectivity index (χ3n) is 2.25. The van der Waals surface area contributed by atoms with Crippen molar-refractivity contribution in [3.05, 3.63) is 0 Å². The van der Waals surface area contributed by atoms with E-state index in [0.717, 1.165) is 0 Å². The second-order valence-electron chi connectivity index (χ2n) is 3.76. The lowest BCUT2D eigenvalue weighted by atomic mass is 10.0. The summed E-state index contributed by atoms with van der Waals surface area (Å²) in [4.78, 5) is 11.3. The molecule has 0 aliphatic heterocycles. The van der Waals surface area contributed by atoms with Gasteiger partial charge >= 0.3 is 0 Å². The summed E-state index contributed by atoms with van der Waals surface area (Å²) in [5.41, 5.74) is 0. The first kappa shape index (κ1) is 17.2. The molecule has 0 rings (SSSR count). The molecule has 108 valence electrons. The van der Waals surface area contributed by atoms with Gasteiger partial charge in [0.2, 0.25) is 0 Å². The van der Waals surface area contributed by atoms with Crippen molar-refractivity contribution in [1.82, 2.24) is 5.32 Å². The highest BCUT2D eigenvalue weighted by Crippen LogP contribution is 2.05. The molecule has 1 unspecified atom stereocenters. The Morgan fingerprint density at radius 1 is 0.944 bits per heavy atom. The Balaban J connectivity index is 4.27. The van der Waals surface area contributed by atoms with Gasteiger partial charge in [0.05, 0.1) is 19.3 Å². The van der Waals surface area contributed by atoms with Crippen molar-refractivity contribution in [2.45, 2.75) is 30.5 Å². The van der Waals surface area contributed by atoms with Crippen molar-refractivity contribution in [3.8, 4) is 0 Å². The molecule has 0 saturated carbocycles. The van der Waals surface area contributed by atoms with E-state index in [0.29, 0.717) is 0 Å². The molecule has 5 atom stereocenters. The van der Waals surface area contributed by atoms with Crippen LogP contribution in [0.2, 0.25) is 0 Å². The number of hydrogen-bond acceptors (Lipinski definition) is 8. The number of amides is 1. The first-order valence-corrected chi connectivity index (χ1v) is 5.24. The van der Waals surface area contributed by atoms with Gasteiger partial charge in [-0.1, -0.05) is 0 Å². The molecule has 1 amide bonds. The van der Waals surface area contributed by atoms with Crippen molar-refractivity contribution in [1.29, 1.82) is 0 Å². The molecule has 0 bridgehead atoms. The number of rotatable bonds is 8. The monoisotopic (exact) mass is 269 g/mol. The molecule has 9 heteroatoms. The van der Waals surface area contributed by atoms with E-state index in [1.54, 1.807) is 0 Å². The summed E-state index contributed by atoms with van der Waals surface area (Å²) in [7, 11) is 0. The van der Waals surface area contributed by atoms with E-state index in [-0.39, 0.29) is 6.54 Å². The minimum Gasteiger partial charge on any atom is -0.394 e. The van der Waals surface area contributed by atoms with Crippen LogP contribution in [0.5, 0.6) is 0 Å². The Labute approximate surface area is 103 Å². The van der Waals surface area contributed by atoms with Gasteiger partial charge in [-0.15, -0.1) is 0 Å². The molecule has 18 heavy (non-hydrogen) atoms. The molecule has 0 aliphatic carbocycles. The van der Waals surface area contributed by atoms with Crippen molar-refractivity contribution >= 4 is 5.91 Å². The predicted molar refractivity (Wildman–Crippen MR) is 57.2 cm³/mol. The molecule has 0 spiro atoms. The molecule has 0 aromatic carbocycles. The fourth-order valence-electron chi connectivity index (χ4n) is 1.06. The van der Waals surface area contributed by atoms with Crippen LogP contribution < -0.4 is 5.32 Å². The Kier molecular flexibility index (Phi) is 7.95. The molecule has 0 aromatic rings. The molecule has 0 aliphatic rings. The van der Waals surface area contributed by atoms with Crippen LogP contribution in [-0.2, 0) is 4.79 Å². The van der Waals surface area contributed by atoms with Crippen molar-refractivity contribution < 1.29 is 40.5 Å². The normalized spacial score (nSPS) is 19.7. The summed E-state index contributed by atoms with van der Waals surface area (Å²) in [6.45, 7) is -1.79. The molecule has 0 saturated heterocycles. The van der Waals surface area contributed by atoms with Crippen LogP contribution in [0.25, 0.3) is 0 Å². The zero-order valence-electron chi connectivity index (χ0n) is 9.55. The number of carbonyl (C=O) groups is 1. The lowest BCUT2D eigenvalue weighted by Gasteiger charge is -2.25. The van der Waals surface area contributed by atoms with Crippen LogP contribution in [-0.4, -0.2) is 91.9 Å². The summed E-state index contributed by atoms with van der Waals surface area (Å²) in [6, 6.07) is 0. The number of hydrogen-bond donors (Lipinski definition) is 8. The van der Waals surface area contributed by atoms with Crippen molar-refractivity contribution in [2.24, 2.45) is 0 Å². The third-order valence-corrected chi connectivity index (χ3v) is 2.25. The van der Waals surface area contributed by atoms with Gasteiger partial charge in [-0.3, -0.25) is 4.79 Å². The second-order valence-corrected chi connectivity index (χ2v) is 3.76. The van der Waals surface area contributed by atoms with Crippen LogP contribution >= 0.6 is 0 Å². The Hall–Kier alpha value is -0.810. The number of nitrogens with one attached hydrogen (secondary N) is 1. The first-order chi connectivity index (χ1) is 8.34. The summed E-state index contributed by atoms with van der Waals surface area (Å²) in [6.07, 6.45) is -8.87. The van der Waals surface area contributed by atoms with Crippen molar-refractivity contribution in [2.75, 3.05) is 19.8 Å². The molecule has 0 heterocycles. The van der Waals surface area contributed by atoms with E-state index in [1.165, 1.54) is 0 Å². The maximum absolute atomic E-state index is 11.3. The topological polar surface area (TPSA) is 171 Å². The van der Waals surface area contributed by atoms with Gasteiger partial charge < -0.3 is 41.1 Å². The van der Waals surface area contributed by atoms with Gasteiger partial charge in [0.15, 0.2) is 6.10 Å². The quantitative estimate of drug-likeness (QED) is 0.216. The van der Waals surface area contributed by atoms with E-state index in [9.17, 15) is 20.1 Å². The third kappa shape index (κ3) is 5.23. The largest absolute Gasteiger partial charge is 0.394 e. The predicted octanol–water partition coefficient (Wildman–Crippen LogP) is -5.11. The minimum absolute atomic E-state index is 0.349. The van der Waals surface area contributed by atoms with E-state index in [4.69, 9.17) is 20.4 Å². The molecule has 0 radical (unpaired) electrons. The summed E-state index contributed by atoms with van der Waals surface area (Å²) in [5, 5.41) is 64.8. The molecular formula is C9H19NO8. The van der Waals surface area contributed by atoms with E-state index < -0.39 is 49.6 Å². The Bertz CT molecular complexity index is 251. The lowest BCUT2D eigenvalue weighted by Crippen LogP contribution is -2.52. The van der Waals surface area contributed by atoms with Crippen LogP contribution in [0.1, 0.15) is 0 Å². The van der Waals surface area contributed by atoms with Gasteiger partial charge in [-0.2, -0.15) is 0 Å². The van der Waals surface area contributed by atoms with Crippen LogP contribution in [0.15, 0.2) is 0 Å². The second kappa shape index (κ2) is 8.32. The van der Waals surface area contributed by atoms with Gasteiger partial charge in [-0.25, -0.2) is 0 Å². The smallest absolute Gasteiger partial charge is 0.251 e. The fraction of sp³-hybridized carbons (Fsp3) is 0.889. The number of carbonyl (C=O) groups excluding carboxylic acids is 1. The molecule has 8 N–H and O–H groups in total. The minimum atomic E-state index is -2.05. The average Bonchev–Trinajstić information content (AvgIpc) is 2.40. The lowest BCUT2D eigenvalue weighted by molar-refractivity contribution is -0.149. The first-order valence-electron chi connectivity index (χ1n) is 5.24. The van der Waals surface area contributed by atoms with E-state index >= 15 is 0 Å². The number of aliphatic hydroxyl groups excluding tert-OH is 7. The van der Waals surface area contributed by atoms with Gasteiger partial charge in [-0.05, 0) is 0 Å². The maximum Gasteiger partial charge on any atom is 0.251 e. The standard InChI is InChI=1S/C9H19NO8/c11-2-4(13)1-10-9(18)8(17)7(16)6(15)5(14)3-12/h4-8,11-17H,1-3H2,(H,10,18)/t4?,5-,6-,7+,8-/m1/s1. The zero-order chi connectivity index (χ0) is 14.3. The Morgan fingerprint density at radius 3 is 1.94 bits per heavy atom. The van der Waals surface area contributed by atoms with Crippen LogP contribution in [0.4, 0.5) is 0 Å². The van der Waals surface area contributed by atoms with Crippen LogP contribution in [0.3, 0.4) is 0 Å². The summed E-state index contributed by atoms with van der Waals surface area (Å²) >= 11 is 0. The summed E-state index contributed by atoms with van der Waals surface area (Å²) < 4.78 is 0. The van der Waals surface area contributed by atoms with E-state index in [2.05, 4.69) is 0 Å². The molecular weight excluding hydrogens is 250 g/mol. The number of aliphatic hydroxyl groups is 7. The fourth-order valence-corrected chi connectivity index (χ4v) is 1.06. The highest BCUT2D eigenvalue weighted by atomic mass is 16.4. The van der Waals surface area contributed by atoms with Gasteiger partial charge in [0.1, 0.15) is 18.3 Å². The molecule has 9 nitrogen and oxygen atoms in total.